The Kier molecular flexibility index (Phi) is 3.93. The Bertz CT molecular complexity index is 353. The van der Waals surface area contributed by atoms with Crippen LogP contribution in [-0.2, 0) is 0 Å². The summed E-state index contributed by atoms with van der Waals surface area (Å²) in [6, 6.07) is 10.2. The summed E-state index contributed by atoms with van der Waals surface area (Å²) in [5, 5.41) is 0. The van der Waals surface area contributed by atoms with Crippen molar-refractivity contribution in [1.29, 1.82) is 0 Å². The average Bonchev–Trinajstić information content (AvgIpc) is 2.19. The monoisotopic (exact) mass is 184 g/mol. The minimum atomic E-state index is 1.06. The van der Waals surface area contributed by atoms with Crippen LogP contribution in [0.2, 0.25) is 0 Å². The molecule has 0 nitrogen and oxygen atoms in total. The van der Waals surface area contributed by atoms with Gasteiger partial charge in [-0.2, -0.15) is 0 Å². The molecule has 0 saturated carbocycles. The van der Waals surface area contributed by atoms with Crippen molar-refractivity contribution in [3.8, 4) is 0 Å². The topological polar surface area (TPSA) is 0 Å². The predicted octanol–water partition coefficient (Wildman–Crippen LogP) is 4.22. The molecule has 0 fully saturated rings. The SMILES string of the molecule is C=C(/C=C(C)\C=C/C)c1ccccc1. The molecular formula is C14H16. The first-order chi connectivity index (χ1) is 6.74. The summed E-state index contributed by atoms with van der Waals surface area (Å²) in [6.45, 7) is 8.13. The lowest BCUT2D eigenvalue weighted by atomic mass is 10.1. The predicted molar refractivity (Wildman–Crippen MR) is 64.0 cm³/mol. The minimum absolute atomic E-state index is 1.06. The summed E-state index contributed by atoms with van der Waals surface area (Å²) >= 11 is 0. The standard InChI is InChI=1S/C14H16/c1-4-8-12(2)11-13(3)14-9-6-5-7-10-14/h4-11H,3H2,1-2H3/b8-4-,12-11-. The fourth-order valence-corrected chi connectivity index (χ4v) is 1.32. The third-order valence-electron chi connectivity index (χ3n) is 1.98. The van der Waals surface area contributed by atoms with E-state index in [2.05, 4.69) is 37.8 Å². The van der Waals surface area contributed by atoms with Gasteiger partial charge in [-0.15, -0.1) is 0 Å². The molecule has 0 radical (unpaired) electrons. The first-order valence-corrected chi connectivity index (χ1v) is 4.79. The fourth-order valence-electron chi connectivity index (χ4n) is 1.32. The smallest absolute Gasteiger partial charge is 0.0190 e. The molecule has 0 N–H and O–H groups in total. The maximum absolute atomic E-state index is 4.04. The number of hydrogen-bond acceptors (Lipinski definition) is 0. The zero-order chi connectivity index (χ0) is 10.4. The summed E-state index contributed by atoms with van der Waals surface area (Å²) in [6.07, 6.45) is 6.20. The van der Waals surface area contributed by atoms with Crippen LogP contribution in [0.4, 0.5) is 0 Å². The maximum Gasteiger partial charge on any atom is -0.0190 e. The highest BCUT2D eigenvalue weighted by atomic mass is 14.0. The van der Waals surface area contributed by atoms with Gasteiger partial charge in [0.15, 0.2) is 0 Å². The van der Waals surface area contributed by atoms with Gasteiger partial charge >= 0.3 is 0 Å². The van der Waals surface area contributed by atoms with Crippen molar-refractivity contribution < 1.29 is 0 Å². The zero-order valence-corrected chi connectivity index (χ0v) is 8.83. The molecule has 72 valence electrons. The molecule has 0 aromatic heterocycles. The van der Waals surface area contributed by atoms with Gasteiger partial charge in [0.25, 0.3) is 0 Å². The molecule has 0 saturated heterocycles. The highest BCUT2D eigenvalue weighted by Crippen LogP contribution is 2.15. The molecule has 1 aromatic rings. The lowest BCUT2D eigenvalue weighted by Gasteiger charge is -2.00. The van der Waals surface area contributed by atoms with E-state index >= 15 is 0 Å². The quantitative estimate of drug-likeness (QED) is 0.617. The van der Waals surface area contributed by atoms with Crippen LogP contribution in [-0.4, -0.2) is 0 Å². The Balaban J connectivity index is 2.83. The fraction of sp³-hybridized carbons (Fsp3) is 0.143. The van der Waals surface area contributed by atoms with Gasteiger partial charge < -0.3 is 0 Å². The van der Waals surface area contributed by atoms with Crippen LogP contribution in [0.15, 0.2) is 60.7 Å². The minimum Gasteiger partial charge on any atom is -0.0912 e. The molecule has 0 atom stereocenters. The van der Waals surface area contributed by atoms with Crippen molar-refractivity contribution in [3.05, 3.63) is 66.3 Å². The molecule has 0 aliphatic heterocycles. The van der Waals surface area contributed by atoms with E-state index in [4.69, 9.17) is 0 Å². The van der Waals surface area contributed by atoms with Crippen molar-refractivity contribution in [3.63, 3.8) is 0 Å². The lowest BCUT2D eigenvalue weighted by Crippen LogP contribution is -1.78. The molecule has 0 heterocycles. The Morgan fingerprint density at radius 3 is 2.43 bits per heavy atom. The molecule has 0 aliphatic rings. The zero-order valence-electron chi connectivity index (χ0n) is 8.83. The van der Waals surface area contributed by atoms with Gasteiger partial charge in [0, 0.05) is 0 Å². The van der Waals surface area contributed by atoms with Crippen molar-refractivity contribution in [2.24, 2.45) is 0 Å². The molecule has 0 bridgehead atoms. The van der Waals surface area contributed by atoms with Crippen molar-refractivity contribution in [1.82, 2.24) is 0 Å². The summed E-state index contributed by atoms with van der Waals surface area (Å²) in [5.41, 5.74) is 3.46. The summed E-state index contributed by atoms with van der Waals surface area (Å²) < 4.78 is 0. The van der Waals surface area contributed by atoms with Gasteiger partial charge in [-0.1, -0.05) is 60.7 Å². The van der Waals surface area contributed by atoms with Crippen molar-refractivity contribution >= 4 is 5.57 Å². The Morgan fingerprint density at radius 2 is 1.86 bits per heavy atom. The van der Waals surface area contributed by atoms with Gasteiger partial charge in [-0.25, -0.2) is 0 Å². The number of rotatable bonds is 3. The van der Waals surface area contributed by atoms with Gasteiger partial charge in [0.2, 0.25) is 0 Å². The highest BCUT2D eigenvalue weighted by molar-refractivity contribution is 5.72. The average molecular weight is 184 g/mol. The van der Waals surface area contributed by atoms with Gasteiger partial charge in [0.1, 0.15) is 0 Å². The third kappa shape index (κ3) is 3.06. The molecule has 0 unspecified atom stereocenters. The second kappa shape index (κ2) is 5.23. The molecule has 0 aliphatic carbocycles. The van der Waals surface area contributed by atoms with Crippen LogP contribution in [0.25, 0.3) is 5.57 Å². The van der Waals surface area contributed by atoms with E-state index in [9.17, 15) is 0 Å². The van der Waals surface area contributed by atoms with Crippen LogP contribution in [0.5, 0.6) is 0 Å². The summed E-state index contributed by atoms with van der Waals surface area (Å²) in [4.78, 5) is 0. The molecule has 0 amide bonds. The van der Waals surface area contributed by atoms with E-state index in [0.717, 1.165) is 5.57 Å². The van der Waals surface area contributed by atoms with E-state index in [-0.39, 0.29) is 0 Å². The van der Waals surface area contributed by atoms with E-state index < -0.39 is 0 Å². The van der Waals surface area contributed by atoms with Crippen LogP contribution in [0.3, 0.4) is 0 Å². The summed E-state index contributed by atoms with van der Waals surface area (Å²) in [5.74, 6) is 0. The molecule has 0 spiro atoms. The Morgan fingerprint density at radius 1 is 1.21 bits per heavy atom. The molecule has 14 heavy (non-hydrogen) atoms. The van der Waals surface area contributed by atoms with Crippen molar-refractivity contribution in [2.45, 2.75) is 13.8 Å². The number of benzene rings is 1. The van der Waals surface area contributed by atoms with Crippen LogP contribution >= 0.6 is 0 Å². The van der Waals surface area contributed by atoms with E-state index in [0.29, 0.717) is 0 Å². The molecule has 0 heteroatoms. The molecular weight excluding hydrogens is 168 g/mol. The van der Waals surface area contributed by atoms with E-state index in [1.54, 1.807) is 0 Å². The van der Waals surface area contributed by atoms with Crippen LogP contribution < -0.4 is 0 Å². The third-order valence-corrected chi connectivity index (χ3v) is 1.98. The number of hydrogen-bond donors (Lipinski definition) is 0. The first-order valence-electron chi connectivity index (χ1n) is 4.79. The van der Waals surface area contributed by atoms with Crippen LogP contribution in [0, 0.1) is 0 Å². The second-order valence-corrected chi connectivity index (χ2v) is 3.28. The van der Waals surface area contributed by atoms with Crippen molar-refractivity contribution in [2.75, 3.05) is 0 Å². The lowest BCUT2D eigenvalue weighted by molar-refractivity contribution is 1.50. The Hall–Kier alpha value is -1.56. The second-order valence-electron chi connectivity index (χ2n) is 3.28. The van der Waals surface area contributed by atoms with E-state index in [1.165, 1.54) is 11.1 Å². The molecule has 1 aromatic carbocycles. The Labute approximate surface area is 86.3 Å². The summed E-state index contributed by atoms with van der Waals surface area (Å²) in [7, 11) is 0. The van der Waals surface area contributed by atoms with Gasteiger partial charge in [-0.3, -0.25) is 0 Å². The first kappa shape index (κ1) is 10.5. The number of allylic oxidation sites excluding steroid dienone is 5. The normalized spacial score (nSPS) is 12.0. The molecule has 1 rings (SSSR count). The van der Waals surface area contributed by atoms with Gasteiger partial charge in [-0.05, 0) is 25.0 Å². The highest BCUT2D eigenvalue weighted by Gasteiger charge is 1.93. The van der Waals surface area contributed by atoms with E-state index in [1.807, 2.05) is 31.2 Å². The largest absolute Gasteiger partial charge is 0.0912 e. The van der Waals surface area contributed by atoms with Gasteiger partial charge in [0.05, 0.1) is 0 Å². The van der Waals surface area contributed by atoms with Crippen LogP contribution in [0.1, 0.15) is 19.4 Å². The maximum atomic E-state index is 4.04.